The van der Waals surface area contributed by atoms with Crippen molar-refractivity contribution in [3.05, 3.63) is 30.1 Å². The van der Waals surface area contributed by atoms with Gasteiger partial charge in [-0.05, 0) is 24.6 Å². The van der Waals surface area contributed by atoms with Crippen molar-refractivity contribution in [2.24, 2.45) is 0 Å². The molecule has 1 aromatic heterocycles. The number of hydrogen-bond donors (Lipinski definition) is 3. The van der Waals surface area contributed by atoms with Crippen LogP contribution in [0.2, 0.25) is 0 Å². The number of aromatic nitrogens is 1. The minimum absolute atomic E-state index is 1.26. The summed E-state index contributed by atoms with van der Waals surface area (Å²) in [6.45, 7) is 2.04. The van der Waals surface area contributed by atoms with E-state index in [9.17, 15) is 0 Å². The first kappa shape index (κ1) is 11.3. The second-order valence-corrected chi connectivity index (χ2v) is 3.06. The van der Waals surface area contributed by atoms with Gasteiger partial charge in [0.2, 0.25) is 0 Å². The van der Waals surface area contributed by atoms with Crippen molar-refractivity contribution in [1.29, 1.82) is 0 Å². The number of aryl methyl sites for hydroxylation is 1. The Morgan fingerprint density at radius 2 is 1.58 bits per heavy atom. The molecule has 0 saturated heterocycles. The van der Waals surface area contributed by atoms with Crippen LogP contribution in [0.15, 0.2) is 24.5 Å². The molecule has 0 unspecified atom stereocenters. The zero-order valence-electron chi connectivity index (χ0n) is 6.45. The monoisotopic (exact) mass is 191 g/mol. The lowest BCUT2D eigenvalue weighted by Crippen LogP contribution is -1.68. The van der Waals surface area contributed by atoms with Gasteiger partial charge in [-0.25, -0.2) is 4.57 Å². The fraction of sp³-hybridized carbons (Fsp3) is 0.167. The summed E-state index contributed by atoms with van der Waals surface area (Å²) in [7, 11) is -4.64. The Hall–Kier alpha value is -0.740. The van der Waals surface area contributed by atoms with E-state index in [0.717, 1.165) is 0 Å². The van der Waals surface area contributed by atoms with Crippen molar-refractivity contribution in [2.45, 2.75) is 6.92 Å². The van der Waals surface area contributed by atoms with Crippen molar-refractivity contribution in [3.8, 4) is 0 Å². The van der Waals surface area contributed by atoms with Gasteiger partial charge < -0.3 is 14.7 Å². The van der Waals surface area contributed by atoms with Gasteiger partial charge in [-0.15, -0.1) is 0 Å². The summed E-state index contributed by atoms with van der Waals surface area (Å²) in [5, 5.41) is 0. The van der Waals surface area contributed by atoms with Crippen LogP contribution in [0.25, 0.3) is 0 Å². The minimum Gasteiger partial charge on any atom is -0.303 e. The quantitative estimate of drug-likeness (QED) is 0.518. The third-order valence-electron chi connectivity index (χ3n) is 0.847. The largest absolute Gasteiger partial charge is 0.466 e. The zero-order valence-corrected chi connectivity index (χ0v) is 7.35. The van der Waals surface area contributed by atoms with E-state index in [2.05, 4.69) is 4.98 Å². The first-order valence-electron chi connectivity index (χ1n) is 3.04. The number of phosphoric acid groups is 1. The summed E-state index contributed by atoms with van der Waals surface area (Å²) < 4.78 is 8.88. The van der Waals surface area contributed by atoms with E-state index in [1.807, 2.05) is 19.1 Å². The first-order valence-corrected chi connectivity index (χ1v) is 4.61. The maximum Gasteiger partial charge on any atom is 0.466 e. The van der Waals surface area contributed by atoms with E-state index in [-0.39, 0.29) is 0 Å². The van der Waals surface area contributed by atoms with Gasteiger partial charge in [0.15, 0.2) is 0 Å². The van der Waals surface area contributed by atoms with E-state index >= 15 is 0 Å². The molecular weight excluding hydrogens is 181 g/mol. The van der Waals surface area contributed by atoms with Crippen molar-refractivity contribution in [3.63, 3.8) is 0 Å². The first-order chi connectivity index (χ1) is 5.39. The Kier molecular flexibility index (Phi) is 4.70. The van der Waals surface area contributed by atoms with Crippen LogP contribution in [-0.2, 0) is 4.57 Å². The Morgan fingerprint density at radius 3 is 1.75 bits per heavy atom. The van der Waals surface area contributed by atoms with Crippen LogP contribution in [0.4, 0.5) is 0 Å². The van der Waals surface area contributed by atoms with Crippen LogP contribution in [0.1, 0.15) is 5.56 Å². The smallest absolute Gasteiger partial charge is 0.303 e. The lowest BCUT2D eigenvalue weighted by molar-refractivity contribution is 0.275. The Labute approximate surface area is 70.0 Å². The van der Waals surface area contributed by atoms with Crippen LogP contribution in [-0.4, -0.2) is 19.7 Å². The van der Waals surface area contributed by atoms with E-state index in [1.165, 1.54) is 5.56 Å². The van der Waals surface area contributed by atoms with Gasteiger partial charge >= 0.3 is 7.82 Å². The number of nitrogens with zero attached hydrogens (tertiary/aromatic N) is 1. The van der Waals surface area contributed by atoms with Gasteiger partial charge in [0.1, 0.15) is 0 Å². The SMILES string of the molecule is Cc1ccncc1.O=P(O)(O)O. The summed E-state index contributed by atoms with van der Waals surface area (Å²) in [6, 6.07) is 3.94. The predicted octanol–water partition coefficient (Wildman–Crippen LogP) is 0.461. The highest BCUT2D eigenvalue weighted by Gasteiger charge is 2.00. The Bertz CT molecular complexity index is 249. The van der Waals surface area contributed by atoms with Crippen LogP contribution < -0.4 is 0 Å². The summed E-state index contributed by atoms with van der Waals surface area (Å²) in [6.07, 6.45) is 3.57. The number of rotatable bonds is 0. The fourth-order valence-corrected chi connectivity index (χ4v) is 0.426. The number of pyridine rings is 1. The molecule has 0 aromatic carbocycles. The molecule has 0 atom stereocenters. The Morgan fingerprint density at radius 1 is 1.25 bits per heavy atom. The highest BCUT2D eigenvalue weighted by Crippen LogP contribution is 2.25. The molecule has 12 heavy (non-hydrogen) atoms. The lowest BCUT2D eigenvalue weighted by Gasteiger charge is -1.82. The van der Waals surface area contributed by atoms with Crippen LogP contribution in [0.3, 0.4) is 0 Å². The molecule has 68 valence electrons. The average Bonchev–Trinajstić information content (AvgIpc) is 1.85. The van der Waals surface area contributed by atoms with E-state index in [4.69, 9.17) is 19.2 Å². The molecule has 6 heteroatoms. The lowest BCUT2D eigenvalue weighted by atomic mass is 10.3. The summed E-state index contributed by atoms with van der Waals surface area (Å²) in [5.74, 6) is 0. The third kappa shape index (κ3) is 12.0. The average molecular weight is 191 g/mol. The number of hydrogen-bond acceptors (Lipinski definition) is 2. The van der Waals surface area contributed by atoms with E-state index < -0.39 is 7.82 Å². The maximum absolute atomic E-state index is 8.88. The topological polar surface area (TPSA) is 90.7 Å². The molecule has 5 nitrogen and oxygen atoms in total. The van der Waals surface area contributed by atoms with Crippen LogP contribution in [0.5, 0.6) is 0 Å². The van der Waals surface area contributed by atoms with Crippen molar-refractivity contribution >= 4 is 7.82 Å². The fourth-order valence-electron chi connectivity index (χ4n) is 0.426. The molecule has 0 spiro atoms. The normalized spacial score (nSPS) is 10.0. The molecule has 3 N–H and O–H groups in total. The van der Waals surface area contributed by atoms with E-state index in [0.29, 0.717) is 0 Å². The minimum atomic E-state index is -4.64. The van der Waals surface area contributed by atoms with E-state index in [1.54, 1.807) is 12.4 Å². The predicted molar refractivity (Wildman–Crippen MR) is 43.2 cm³/mol. The molecule has 1 aromatic rings. The molecule has 0 fully saturated rings. The van der Waals surface area contributed by atoms with Gasteiger partial charge in [0.05, 0.1) is 0 Å². The molecule has 0 aliphatic carbocycles. The van der Waals surface area contributed by atoms with Gasteiger partial charge in [-0.3, -0.25) is 4.98 Å². The van der Waals surface area contributed by atoms with Gasteiger partial charge in [0.25, 0.3) is 0 Å². The molecule has 0 saturated carbocycles. The van der Waals surface area contributed by atoms with Gasteiger partial charge in [-0.2, -0.15) is 0 Å². The second kappa shape index (κ2) is 5.00. The summed E-state index contributed by atoms with van der Waals surface area (Å²) in [5.41, 5.74) is 1.26. The van der Waals surface area contributed by atoms with Crippen LogP contribution >= 0.6 is 7.82 Å². The van der Waals surface area contributed by atoms with Crippen molar-refractivity contribution in [2.75, 3.05) is 0 Å². The molecular formula is C6H10NO4P. The third-order valence-corrected chi connectivity index (χ3v) is 0.847. The van der Waals surface area contributed by atoms with Crippen molar-refractivity contribution < 1.29 is 19.2 Å². The second-order valence-electron chi connectivity index (χ2n) is 2.04. The molecule has 0 radical (unpaired) electrons. The zero-order chi connectivity index (χ0) is 9.61. The highest BCUT2D eigenvalue weighted by molar-refractivity contribution is 7.45. The summed E-state index contributed by atoms with van der Waals surface area (Å²) in [4.78, 5) is 25.4. The molecule has 0 amide bonds. The van der Waals surface area contributed by atoms with Gasteiger partial charge in [-0.1, -0.05) is 0 Å². The maximum atomic E-state index is 8.88. The molecule has 1 rings (SSSR count). The highest BCUT2D eigenvalue weighted by atomic mass is 31.2. The molecule has 0 aliphatic rings. The Balaban J connectivity index is 0.000000217. The van der Waals surface area contributed by atoms with Crippen LogP contribution in [0, 0.1) is 6.92 Å². The summed E-state index contributed by atoms with van der Waals surface area (Å²) >= 11 is 0. The molecule has 0 bridgehead atoms. The van der Waals surface area contributed by atoms with Gasteiger partial charge in [0, 0.05) is 12.4 Å². The molecule has 1 heterocycles. The van der Waals surface area contributed by atoms with Crippen molar-refractivity contribution in [1.82, 2.24) is 4.98 Å². The molecule has 0 aliphatic heterocycles. The standard InChI is InChI=1S/C6H7N.H3O4P/c1-6-2-4-7-5-3-6;1-5(2,3)4/h2-5H,1H3;(H3,1,2,3,4).